The van der Waals surface area contributed by atoms with E-state index in [0.717, 1.165) is 11.3 Å². The molecule has 2 heterocycles. The smallest absolute Gasteiger partial charge is 0.254 e. The Morgan fingerprint density at radius 3 is 2.48 bits per heavy atom. The van der Waals surface area contributed by atoms with Gasteiger partial charge in [-0.2, -0.15) is 4.31 Å². The maximum Gasteiger partial charge on any atom is 0.254 e. The molecule has 0 radical (unpaired) electrons. The molecular formula is C11H17ClN4O3S2. The molecule has 1 N–H and O–H groups in total. The van der Waals surface area contributed by atoms with Crippen LogP contribution < -0.4 is 5.32 Å². The molecule has 1 amide bonds. The molecule has 0 atom stereocenters. The molecule has 0 spiro atoms. The van der Waals surface area contributed by atoms with E-state index in [-0.39, 0.29) is 21.1 Å². The number of sulfonamides is 1. The van der Waals surface area contributed by atoms with Crippen molar-refractivity contribution in [2.75, 3.05) is 39.8 Å². The number of amides is 1. The lowest BCUT2D eigenvalue weighted by Crippen LogP contribution is -2.50. The van der Waals surface area contributed by atoms with Crippen molar-refractivity contribution >= 4 is 38.9 Å². The molecule has 10 heteroatoms. The second kappa shape index (κ2) is 6.57. The normalized spacial score (nSPS) is 17.9. The summed E-state index contributed by atoms with van der Waals surface area (Å²) in [5.74, 6) is -0.0728. The molecule has 0 saturated carbocycles. The van der Waals surface area contributed by atoms with Gasteiger partial charge in [-0.3, -0.25) is 9.69 Å². The molecule has 1 aromatic heterocycles. The van der Waals surface area contributed by atoms with Crippen molar-refractivity contribution < 1.29 is 13.2 Å². The number of rotatable bonds is 4. The summed E-state index contributed by atoms with van der Waals surface area (Å²) < 4.78 is 26.9. The molecule has 21 heavy (non-hydrogen) atoms. The average Bonchev–Trinajstić information content (AvgIpc) is 2.79. The number of carbonyl (C=O) groups is 1. The van der Waals surface area contributed by atoms with Crippen molar-refractivity contribution in [2.45, 2.75) is 11.1 Å². The van der Waals surface area contributed by atoms with Gasteiger partial charge in [0.2, 0.25) is 5.91 Å². The summed E-state index contributed by atoms with van der Waals surface area (Å²) in [5.41, 5.74) is 0.429. The van der Waals surface area contributed by atoms with Gasteiger partial charge in [0, 0.05) is 33.2 Å². The highest BCUT2D eigenvalue weighted by molar-refractivity contribution is 7.91. The first-order chi connectivity index (χ1) is 9.84. The SMILES string of the molecule is CNC(=O)CN1CCN(S(=O)(=O)c2sc(Cl)nc2C)CC1. The number of nitrogens with zero attached hydrogens (tertiary/aromatic N) is 3. The van der Waals surface area contributed by atoms with Crippen LogP contribution >= 0.6 is 22.9 Å². The highest BCUT2D eigenvalue weighted by atomic mass is 35.5. The van der Waals surface area contributed by atoms with E-state index in [1.54, 1.807) is 14.0 Å². The van der Waals surface area contributed by atoms with Gasteiger partial charge in [-0.1, -0.05) is 22.9 Å². The van der Waals surface area contributed by atoms with Crippen LogP contribution in [0.2, 0.25) is 4.47 Å². The third-order valence-corrected chi connectivity index (χ3v) is 7.03. The molecule has 1 aromatic rings. The zero-order chi connectivity index (χ0) is 15.6. The first-order valence-corrected chi connectivity index (χ1v) is 9.04. The van der Waals surface area contributed by atoms with Crippen LogP contribution in [0.15, 0.2) is 4.21 Å². The Hall–Kier alpha value is -0.740. The quantitative estimate of drug-likeness (QED) is 0.834. The van der Waals surface area contributed by atoms with Crippen molar-refractivity contribution in [2.24, 2.45) is 0 Å². The first kappa shape index (κ1) is 16.6. The van der Waals surface area contributed by atoms with Crippen LogP contribution in [0.1, 0.15) is 5.69 Å². The molecule has 1 fully saturated rings. The van der Waals surface area contributed by atoms with E-state index in [4.69, 9.17) is 11.6 Å². The molecule has 1 aliphatic heterocycles. The number of aromatic nitrogens is 1. The van der Waals surface area contributed by atoms with E-state index >= 15 is 0 Å². The van der Waals surface area contributed by atoms with E-state index in [1.165, 1.54) is 4.31 Å². The standard InChI is InChI=1S/C11H17ClN4O3S2/c1-8-10(20-11(12)14-8)21(18,19)16-5-3-15(4-6-16)7-9(17)13-2/h3-7H2,1-2H3,(H,13,17). The Morgan fingerprint density at radius 2 is 2.00 bits per heavy atom. The largest absolute Gasteiger partial charge is 0.358 e. The van der Waals surface area contributed by atoms with Crippen LogP contribution in [0.25, 0.3) is 0 Å². The summed E-state index contributed by atoms with van der Waals surface area (Å²) in [6, 6.07) is 0. The number of carbonyl (C=O) groups excluding carboxylic acids is 1. The van der Waals surface area contributed by atoms with Gasteiger partial charge in [-0.15, -0.1) is 0 Å². The van der Waals surface area contributed by atoms with Crippen molar-refractivity contribution in [3.63, 3.8) is 0 Å². The van der Waals surface area contributed by atoms with Gasteiger partial charge in [-0.05, 0) is 6.92 Å². The first-order valence-electron chi connectivity index (χ1n) is 6.40. The zero-order valence-corrected chi connectivity index (χ0v) is 14.2. The monoisotopic (exact) mass is 352 g/mol. The van der Waals surface area contributed by atoms with Crippen LogP contribution in [0.4, 0.5) is 0 Å². The van der Waals surface area contributed by atoms with Gasteiger partial charge in [0.25, 0.3) is 10.0 Å². The molecule has 1 saturated heterocycles. The average molecular weight is 353 g/mol. The van der Waals surface area contributed by atoms with Gasteiger partial charge in [0.15, 0.2) is 8.68 Å². The van der Waals surface area contributed by atoms with Crippen LogP contribution in [0, 0.1) is 6.92 Å². The highest BCUT2D eigenvalue weighted by Crippen LogP contribution is 2.29. The maximum atomic E-state index is 12.5. The van der Waals surface area contributed by atoms with Crippen LogP contribution in [-0.4, -0.2) is 68.3 Å². The minimum absolute atomic E-state index is 0.0728. The third kappa shape index (κ3) is 3.72. The van der Waals surface area contributed by atoms with Crippen LogP contribution in [-0.2, 0) is 14.8 Å². The summed E-state index contributed by atoms with van der Waals surface area (Å²) in [4.78, 5) is 17.2. The fourth-order valence-corrected chi connectivity index (χ4v) is 5.41. The Labute approximate surface area is 133 Å². The number of piperazine rings is 1. The van der Waals surface area contributed by atoms with Gasteiger partial charge >= 0.3 is 0 Å². The maximum absolute atomic E-state index is 12.5. The van der Waals surface area contributed by atoms with Crippen molar-refractivity contribution in [1.29, 1.82) is 0 Å². The molecular weight excluding hydrogens is 336 g/mol. The number of likely N-dealkylation sites (N-methyl/N-ethyl adjacent to an activating group) is 1. The number of nitrogens with one attached hydrogen (secondary N) is 1. The summed E-state index contributed by atoms with van der Waals surface area (Å²) in [7, 11) is -1.97. The summed E-state index contributed by atoms with van der Waals surface area (Å²) in [6.45, 7) is 3.69. The van der Waals surface area contributed by atoms with Gasteiger partial charge < -0.3 is 5.32 Å². The van der Waals surface area contributed by atoms with E-state index in [2.05, 4.69) is 10.3 Å². The number of hydrogen-bond donors (Lipinski definition) is 1. The molecule has 2 rings (SSSR count). The predicted octanol–water partition coefficient (Wildman–Crippen LogP) is 0.157. The Morgan fingerprint density at radius 1 is 1.38 bits per heavy atom. The Bertz CT molecular complexity index is 623. The van der Waals surface area contributed by atoms with Crippen molar-refractivity contribution in [1.82, 2.24) is 19.5 Å². The van der Waals surface area contributed by atoms with E-state index in [1.807, 2.05) is 4.90 Å². The fraction of sp³-hybridized carbons (Fsp3) is 0.636. The van der Waals surface area contributed by atoms with Crippen LogP contribution in [0.5, 0.6) is 0 Å². The predicted molar refractivity (Wildman–Crippen MR) is 81.1 cm³/mol. The Balaban J connectivity index is 2.04. The lowest BCUT2D eigenvalue weighted by molar-refractivity contribution is -0.122. The molecule has 0 aliphatic carbocycles. The highest BCUT2D eigenvalue weighted by Gasteiger charge is 2.32. The molecule has 7 nitrogen and oxygen atoms in total. The number of aryl methyl sites for hydroxylation is 1. The zero-order valence-electron chi connectivity index (χ0n) is 11.8. The summed E-state index contributed by atoms with van der Waals surface area (Å²) in [5, 5.41) is 2.56. The molecule has 0 unspecified atom stereocenters. The Kier molecular flexibility index (Phi) is 5.20. The summed E-state index contributed by atoms with van der Waals surface area (Å²) in [6.07, 6.45) is 0. The van der Waals surface area contributed by atoms with Gasteiger partial charge in [-0.25, -0.2) is 13.4 Å². The van der Waals surface area contributed by atoms with Crippen LogP contribution in [0.3, 0.4) is 0 Å². The lowest BCUT2D eigenvalue weighted by Gasteiger charge is -2.33. The molecule has 0 aromatic carbocycles. The third-order valence-electron chi connectivity index (χ3n) is 3.28. The van der Waals surface area contributed by atoms with Crippen molar-refractivity contribution in [3.8, 4) is 0 Å². The van der Waals surface area contributed by atoms with E-state index in [0.29, 0.717) is 31.9 Å². The molecule has 118 valence electrons. The van der Waals surface area contributed by atoms with Crippen molar-refractivity contribution in [3.05, 3.63) is 10.2 Å². The number of halogens is 1. The topological polar surface area (TPSA) is 82.6 Å². The van der Waals surface area contributed by atoms with Gasteiger partial charge in [0.05, 0.1) is 12.2 Å². The van der Waals surface area contributed by atoms with E-state index < -0.39 is 10.0 Å². The minimum atomic E-state index is -3.55. The molecule has 1 aliphatic rings. The fourth-order valence-electron chi connectivity index (χ4n) is 2.12. The molecule has 0 bridgehead atoms. The van der Waals surface area contributed by atoms with Gasteiger partial charge in [0.1, 0.15) is 0 Å². The lowest BCUT2D eigenvalue weighted by atomic mass is 10.3. The summed E-state index contributed by atoms with van der Waals surface area (Å²) >= 11 is 6.76. The number of thiazole rings is 1. The number of hydrogen-bond acceptors (Lipinski definition) is 6. The second-order valence-electron chi connectivity index (χ2n) is 4.69. The minimum Gasteiger partial charge on any atom is -0.358 e. The van der Waals surface area contributed by atoms with E-state index in [9.17, 15) is 13.2 Å². The second-order valence-corrected chi connectivity index (χ2v) is 8.41.